The van der Waals surface area contributed by atoms with Crippen molar-refractivity contribution in [2.75, 3.05) is 7.05 Å². The van der Waals surface area contributed by atoms with Gasteiger partial charge in [0, 0.05) is 0 Å². The van der Waals surface area contributed by atoms with Crippen molar-refractivity contribution in [2.24, 2.45) is 0 Å². The fourth-order valence-corrected chi connectivity index (χ4v) is 2.32. The summed E-state index contributed by atoms with van der Waals surface area (Å²) in [6.45, 7) is 3.73. The number of benzene rings is 2. The van der Waals surface area contributed by atoms with Crippen LogP contribution in [0.5, 0.6) is 17.2 Å². The Morgan fingerprint density at radius 1 is 1.17 bits per heavy atom. The van der Waals surface area contributed by atoms with Crippen molar-refractivity contribution >= 4 is 5.97 Å². The fourth-order valence-electron chi connectivity index (χ4n) is 2.32. The molecule has 2 aromatic carbocycles. The number of carbonyl (C=O) groups is 1. The first-order valence-electron chi connectivity index (χ1n) is 7.37. The van der Waals surface area contributed by atoms with Gasteiger partial charge in [-0.25, -0.2) is 0 Å². The maximum Gasteiger partial charge on any atom is 0.321 e. The van der Waals surface area contributed by atoms with Gasteiger partial charge in [-0.05, 0) is 68.3 Å². The van der Waals surface area contributed by atoms with E-state index in [1.54, 1.807) is 25.2 Å². The molecule has 0 amide bonds. The Bertz CT molecular complexity index is 712. The molecule has 2 rings (SSSR count). The number of rotatable bonds is 6. The summed E-state index contributed by atoms with van der Waals surface area (Å²) < 4.78 is 5.84. The van der Waals surface area contributed by atoms with E-state index in [0.29, 0.717) is 17.9 Å². The first kappa shape index (κ1) is 16.8. The van der Waals surface area contributed by atoms with Gasteiger partial charge >= 0.3 is 5.97 Å². The first-order valence-corrected chi connectivity index (χ1v) is 7.37. The Labute approximate surface area is 135 Å². The zero-order chi connectivity index (χ0) is 17.0. The summed E-state index contributed by atoms with van der Waals surface area (Å²) in [5.74, 6) is 0.714. The molecule has 0 aliphatic rings. The molecule has 0 saturated carbocycles. The van der Waals surface area contributed by atoms with Gasteiger partial charge in [-0.1, -0.05) is 12.1 Å². The van der Waals surface area contributed by atoms with Crippen LogP contribution in [0.15, 0.2) is 36.4 Å². The number of aromatic hydroxyl groups is 1. The van der Waals surface area contributed by atoms with Crippen LogP contribution >= 0.6 is 0 Å². The number of hydrogen-bond acceptors (Lipinski definition) is 4. The number of nitrogens with one attached hydrogen (secondary N) is 1. The molecular weight excluding hydrogens is 294 g/mol. The SMILES string of the molecule is CNC(Cc1ccc(Oc2ccc(O)c(C)c2)c(C)c1)C(=O)O. The average molecular weight is 315 g/mol. The van der Waals surface area contributed by atoms with Crippen LogP contribution in [0.3, 0.4) is 0 Å². The van der Waals surface area contributed by atoms with Crippen LogP contribution in [0.1, 0.15) is 16.7 Å². The van der Waals surface area contributed by atoms with Gasteiger partial charge in [0.1, 0.15) is 23.3 Å². The number of carboxylic acid groups (broad SMARTS) is 1. The third-order valence-corrected chi connectivity index (χ3v) is 3.72. The molecule has 0 aromatic heterocycles. The number of phenolic OH excluding ortho intramolecular Hbond substituents is 1. The van der Waals surface area contributed by atoms with Crippen molar-refractivity contribution in [3.63, 3.8) is 0 Å². The molecule has 0 heterocycles. The molecule has 1 unspecified atom stereocenters. The summed E-state index contributed by atoms with van der Waals surface area (Å²) in [7, 11) is 1.64. The molecule has 3 N–H and O–H groups in total. The third kappa shape index (κ3) is 4.23. The zero-order valence-electron chi connectivity index (χ0n) is 13.5. The molecule has 0 fully saturated rings. The summed E-state index contributed by atoms with van der Waals surface area (Å²) in [6, 6.07) is 10.1. The quantitative estimate of drug-likeness (QED) is 0.763. The molecule has 0 radical (unpaired) electrons. The van der Waals surface area contributed by atoms with Gasteiger partial charge in [0.25, 0.3) is 0 Å². The minimum Gasteiger partial charge on any atom is -0.508 e. The normalized spacial score (nSPS) is 12.0. The van der Waals surface area contributed by atoms with E-state index in [0.717, 1.165) is 16.7 Å². The van der Waals surface area contributed by atoms with Crippen molar-refractivity contribution in [1.82, 2.24) is 5.32 Å². The largest absolute Gasteiger partial charge is 0.508 e. The lowest BCUT2D eigenvalue weighted by Crippen LogP contribution is -2.35. The van der Waals surface area contributed by atoms with E-state index in [-0.39, 0.29) is 5.75 Å². The number of hydrogen-bond donors (Lipinski definition) is 3. The van der Waals surface area contributed by atoms with Crippen LogP contribution in [0.25, 0.3) is 0 Å². The highest BCUT2D eigenvalue weighted by Crippen LogP contribution is 2.29. The van der Waals surface area contributed by atoms with Crippen molar-refractivity contribution in [3.05, 3.63) is 53.1 Å². The second-order valence-corrected chi connectivity index (χ2v) is 5.53. The molecule has 0 aliphatic carbocycles. The van der Waals surface area contributed by atoms with E-state index in [1.165, 1.54) is 0 Å². The second kappa shape index (κ2) is 7.15. The molecule has 0 aliphatic heterocycles. The molecule has 5 heteroatoms. The molecule has 23 heavy (non-hydrogen) atoms. The Hall–Kier alpha value is -2.53. The van der Waals surface area contributed by atoms with E-state index < -0.39 is 12.0 Å². The number of aliphatic carboxylic acids is 1. The van der Waals surface area contributed by atoms with Gasteiger partial charge in [0.05, 0.1) is 0 Å². The van der Waals surface area contributed by atoms with Crippen molar-refractivity contribution < 1.29 is 19.7 Å². The Morgan fingerprint density at radius 2 is 1.91 bits per heavy atom. The van der Waals surface area contributed by atoms with E-state index >= 15 is 0 Å². The highest BCUT2D eigenvalue weighted by molar-refractivity contribution is 5.73. The molecule has 2 aromatic rings. The van der Waals surface area contributed by atoms with Crippen molar-refractivity contribution in [3.8, 4) is 17.2 Å². The monoisotopic (exact) mass is 315 g/mol. The maximum absolute atomic E-state index is 11.1. The lowest BCUT2D eigenvalue weighted by molar-refractivity contribution is -0.139. The van der Waals surface area contributed by atoms with Crippen LogP contribution in [-0.2, 0) is 11.2 Å². The second-order valence-electron chi connectivity index (χ2n) is 5.53. The number of carboxylic acids is 1. The molecule has 0 bridgehead atoms. The van der Waals surface area contributed by atoms with Gasteiger partial charge < -0.3 is 20.3 Å². The van der Waals surface area contributed by atoms with Crippen LogP contribution < -0.4 is 10.1 Å². The van der Waals surface area contributed by atoms with Gasteiger partial charge in [-0.15, -0.1) is 0 Å². The molecule has 122 valence electrons. The van der Waals surface area contributed by atoms with E-state index in [4.69, 9.17) is 9.84 Å². The van der Waals surface area contributed by atoms with E-state index in [2.05, 4.69) is 5.32 Å². The zero-order valence-corrected chi connectivity index (χ0v) is 13.5. The van der Waals surface area contributed by atoms with E-state index in [1.807, 2.05) is 32.0 Å². The lowest BCUT2D eigenvalue weighted by Gasteiger charge is -2.14. The van der Waals surface area contributed by atoms with Gasteiger partial charge in [-0.3, -0.25) is 4.79 Å². The summed E-state index contributed by atoms with van der Waals surface area (Å²) >= 11 is 0. The smallest absolute Gasteiger partial charge is 0.321 e. The molecular formula is C18H21NO4. The highest BCUT2D eigenvalue weighted by atomic mass is 16.5. The highest BCUT2D eigenvalue weighted by Gasteiger charge is 2.16. The maximum atomic E-state index is 11.1. The van der Waals surface area contributed by atoms with Gasteiger partial charge in [0.15, 0.2) is 0 Å². The van der Waals surface area contributed by atoms with Crippen LogP contribution in [0.4, 0.5) is 0 Å². The molecule has 1 atom stereocenters. The topological polar surface area (TPSA) is 78.8 Å². The number of ether oxygens (including phenoxy) is 1. The third-order valence-electron chi connectivity index (χ3n) is 3.72. The summed E-state index contributed by atoms with van der Waals surface area (Å²) in [5.41, 5.74) is 2.60. The Kier molecular flexibility index (Phi) is 5.24. The summed E-state index contributed by atoms with van der Waals surface area (Å²) in [4.78, 5) is 11.1. The predicted molar refractivity (Wildman–Crippen MR) is 88.3 cm³/mol. The van der Waals surface area contributed by atoms with Crippen molar-refractivity contribution in [2.45, 2.75) is 26.3 Å². The Balaban J connectivity index is 2.15. The van der Waals surface area contributed by atoms with Gasteiger partial charge in [0.2, 0.25) is 0 Å². The predicted octanol–water partition coefficient (Wildman–Crippen LogP) is 3.02. The standard InChI is InChI=1S/C18H21NO4/c1-11-9-14(5-6-16(11)20)23-17-7-4-13(8-12(17)2)10-15(19-3)18(21)22/h4-9,15,19-20H,10H2,1-3H3,(H,21,22). The minimum absolute atomic E-state index is 0.233. The van der Waals surface area contributed by atoms with Gasteiger partial charge in [-0.2, -0.15) is 0 Å². The van der Waals surface area contributed by atoms with E-state index in [9.17, 15) is 9.90 Å². The number of aryl methyl sites for hydroxylation is 2. The summed E-state index contributed by atoms with van der Waals surface area (Å²) in [6.07, 6.45) is 0.408. The Morgan fingerprint density at radius 3 is 2.48 bits per heavy atom. The van der Waals surface area contributed by atoms with Crippen molar-refractivity contribution in [1.29, 1.82) is 0 Å². The molecule has 5 nitrogen and oxygen atoms in total. The lowest BCUT2D eigenvalue weighted by atomic mass is 10.0. The summed E-state index contributed by atoms with van der Waals surface area (Å²) in [5, 5.41) is 21.4. The minimum atomic E-state index is -0.870. The average Bonchev–Trinajstić information content (AvgIpc) is 2.50. The molecule has 0 saturated heterocycles. The first-order chi connectivity index (χ1) is 10.9. The molecule has 0 spiro atoms. The van der Waals surface area contributed by atoms with Crippen LogP contribution in [-0.4, -0.2) is 29.3 Å². The van der Waals surface area contributed by atoms with Crippen LogP contribution in [0, 0.1) is 13.8 Å². The number of phenols is 1. The fraction of sp³-hybridized carbons (Fsp3) is 0.278. The number of likely N-dealkylation sites (N-methyl/N-ethyl adjacent to an activating group) is 1. The van der Waals surface area contributed by atoms with Crippen LogP contribution in [0.2, 0.25) is 0 Å².